The van der Waals surface area contributed by atoms with Crippen molar-refractivity contribution in [2.45, 2.75) is 0 Å². The van der Waals surface area contributed by atoms with E-state index >= 15 is 0 Å². The fourth-order valence-corrected chi connectivity index (χ4v) is 1.96. The average Bonchev–Trinajstić information content (AvgIpc) is 2.70. The third kappa shape index (κ3) is 2.91. The van der Waals surface area contributed by atoms with E-state index in [1.54, 1.807) is 0 Å². The number of anilines is 1. The lowest BCUT2D eigenvalue weighted by Crippen LogP contribution is -2.11. The molecule has 0 unspecified atom stereocenters. The number of halogens is 3. The minimum absolute atomic E-state index is 0.0712. The van der Waals surface area contributed by atoms with Crippen LogP contribution in [0.3, 0.4) is 0 Å². The monoisotopic (exact) mass is 291 g/mol. The number of carbonyl (C=O) groups is 1. The summed E-state index contributed by atoms with van der Waals surface area (Å²) in [6.07, 6.45) is 0. The number of nitrogens with zero attached hydrogens (tertiary/aromatic N) is 2. The quantitative estimate of drug-likeness (QED) is 0.924. The molecule has 0 radical (unpaired) electrons. The van der Waals surface area contributed by atoms with Crippen molar-refractivity contribution in [1.82, 2.24) is 10.2 Å². The fraction of sp³-hybridized carbons (Fsp3) is 0. The highest BCUT2D eigenvalue weighted by molar-refractivity contribution is 7.17. The van der Waals surface area contributed by atoms with Gasteiger partial charge in [-0.2, -0.15) is 0 Å². The summed E-state index contributed by atoms with van der Waals surface area (Å²) in [4.78, 5) is 11.6. The Bertz CT molecular complexity index is 575. The second kappa shape index (κ2) is 4.95. The Kier molecular flexibility index (Phi) is 3.56. The van der Waals surface area contributed by atoms with Crippen LogP contribution < -0.4 is 5.32 Å². The zero-order valence-corrected chi connectivity index (χ0v) is 10.4. The van der Waals surface area contributed by atoms with Crippen LogP contribution in [0.2, 0.25) is 9.49 Å². The lowest BCUT2D eigenvalue weighted by Gasteiger charge is -2.03. The molecule has 4 nitrogen and oxygen atoms in total. The largest absolute Gasteiger partial charge is 0.320 e. The molecule has 1 amide bonds. The molecule has 0 aliphatic heterocycles. The Morgan fingerprint density at radius 3 is 2.71 bits per heavy atom. The van der Waals surface area contributed by atoms with Gasteiger partial charge >= 0.3 is 0 Å². The van der Waals surface area contributed by atoms with E-state index in [-0.39, 0.29) is 14.5 Å². The Balaban J connectivity index is 2.15. The van der Waals surface area contributed by atoms with Crippen molar-refractivity contribution < 1.29 is 9.18 Å². The van der Waals surface area contributed by atoms with Gasteiger partial charge in [-0.1, -0.05) is 22.9 Å². The molecule has 0 saturated heterocycles. The summed E-state index contributed by atoms with van der Waals surface area (Å²) >= 11 is 12.1. The number of hydrogen-bond donors (Lipinski definition) is 1. The number of aromatic nitrogens is 2. The zero-order chi connectivity index (χ0) is 12.4. The van der Waals surface area contributed by atoms with Crippen molar-refractivity contribution in [3.8, 4) is 0 Å². The molecule has 0 bridgehead atoms. The van der Waals surface area contributed by atoms with Crippen LogP contribution >= 0.6 is 34.5 Å². The fourth-order valence-electron chi connectivity index (χ4n) is 1.06. The molecule has 1 heterocycles. The predicted molar refractivity (Wildman–Crippen MR) is 64.3 cm³/mol. The summed E-state index contributed by atoms with van der Waals surface area (Å²) in [7, 11) is 0. The van der Waals surface area contributed by atoms with Crippen LogP contribution in [0, 0.1) is 5.82 Å². The van der Waals surface area contributed by atoms with Crippen LogP contribution in [0.25, 0.3) is 0 Å². The molecule has 0 atom stereocenters. The minimum Gasteiger partial charge on any atom is -0.320 e. The summed E-state index contributed by atoms with van der Waals surface area (Å²) in [6.45, 7) is 0. The molecule has 0 aliphatic carbocycles. The lowest BCUT2D eigenvalue weighted by molar-refractivity contribution is 0.102. The molecule has 0 fully saturated rings. The first-order valence-electron chi connectivity index (χ1n) is 4.31. The average molecular weight is 292 g/mol. The highest BCUT2D eigenvalue weighted by atomic mass is 35.5. The van der Waals surface area contributed by atoms with Crippen LogP contribution in [0.5, 0.6) is 0 Å². The molecule has 1 aromatic heterocycles. The molecule has 88 valence electrons. The van der Waals surface area contributed by atoms with Crippen molar-refractivity contribution in [2.75, 3.05) is 5.32 Å². The normalized spacial score (nSPS) is 10.3. The molecule has 8 heteroatoms. The van der Waals surface area contributed by atoms with E-state index < -0.39 is 11.7 Å². The first-order chi connectivity index (χ1) is 8.06. The summed E-state index contributed by atoms with van der Waals surface area (Å²) in [5.41, 5.74) is 0.368. The number of nitrogens with one attached hydrogen (secondary N) is 1. The van der Waals surface area contributed by atoms with E-state index in [1.807, 2.05) is 0 Å². The first-order valence-corrected chi connectivity index (χ1v) is 5.89. The third-order valence-electron chi connectivity index (χ3n) is 1.77. The standard InChI is InChI=1S/C9H4Cl2FN3OS/c10-5-3-4(1-2-6(5)12)13-7(16)8-14-15-9(11)17-8/h1-3H,(H,13,16). The SMILES string of the molecule is O=C(Nc1ccc(F)c(Cl)c1)c1nnc(Cl)s1. The van der Waals surface area contributed by atoms with E-state index in [2.05, 4.69) is 15.5 Å². The Hall–Kier alpha value is -1.24. The molecule has 17 heavy (non-hydrogen) atoms. The van der Waals surface area contributed by atoms with Crippen molar-refractivity contribution in [3.63, 3.8) is 0 Å². The Morgan fingerprint density at radius 2 is 2.12 bits per heavy atom. The number of carbonyl (C=O) groups excluding carboxylic acids is 1. The van der Waals surface area contributed by atoms with Gasteiger partial charge in [-0.25, -0.2) is 4.39 Å². The van der Waals surface area contributed by atoms with E-state index in [0.29, 0.717) is 5.69 Å². The van der Waals surface area contributed by atoms with Crippen molar-refractivity contribution in [2.24, 2.45) is 0 Å². The molecule has 1 aromatic carbocycles. The maximum atomic E-state index is 12.9. The summed E-state index contributed by atoms with van der Waals surface area (Å²) < 4.78 is 13.1. The van der Waals surface area contributed by atoms with Gasteiger partial charge in [-0.3, -0.25) is 4.79 Å². The number of benzene rings is 1. The van der Waals surface area contributed by atoms with Gasteiger partial charge in [0.15, 0.2) is 0 Å². The number of amides is 1. The van der Waals surface area contributed by atoms with Crippen LogP contribution in [-0.4, -0.2) is 16.1 Å². The molecule has 0 saturated carbocycles. The maximum Gasteiger partial charge on any atom is 0.286 e. The van der Waals surface area contributed by atoms with E-state index in [0.717, 1.165) is 17.4 Å². The van der Waals surface area contributed by atoms with Gasteiger partial charge in [-0.05, 0) is 29.8 Å². The topological polar surface area (TPSA) is 54.9 Å². The Morgan fingerprint density at radius 1 is 1.35 bits per heavy atom. The highest BCUT2D eigenvalue weighted by Crippen LogP contribution is 2.21. The van der Waals surface area contributed by atoms with Gasteiger partial charge in [0.25, 0.3) is 5.91 Å². The van der Waals surface area contributed by atoms with E-state index in [9.17, 15) is 9.18 Å². The van der Waals surface area contributed by atoms with Gasteiger partial charge < -0.3 is 5.32 Å². The lowest BCUT2D eigenvalue weighted by atomic mass is 10.3. The first kappa shape index (κ1) is 12.2. The maximum absolute atomic E-state index is 12.9. The van der Waals surface area contributed by atoms with Gasteiger partial charge in [0, 0.05) is 5.69 Å². The van der Waals surface area contributed by atoms with Crippen molar-refractivity contribution >= 4 is 46.1 Å². The molecular weight excluding hydrogens is 288 g/mol. The van der Waals surface area contributed by atoms with Gasteiger partial charge in [-0.15, -0.1) is 10.2 Å². The predicted octanol–water partition coefficient (Wildman–Crippen LogP) is 3.24. The summed E-state index contributed by atoms with van der Waals surface area (Å²) in [5, 5.41) is 9.62. The highest BCUT2D eigenvalue weighted by Gasteiger charge is 2.12. The van der Waals surface area contributed by atoms with Crippen LogP contribution in [0.15, 0.2) is 18.2 Å². The van der Waals surface area contributed by atoms with Crippen LogP contribution in [0.1, 0.15) is 9.80 Å². The van der Waals surface area contributed by atoms with E-state index in [4.69, 9.17) is 23.2 Å². The van der Waals surface area contributed by atoms with Gasteiger partial charge in [0.1, 0.15) is 5.82 Å². The zero-order valence-electron chi connectivity index (χ0n) is 8.08. The molecular formula is C9H4Cl2FN3OS. The van der Waals surface area contributed by atoms with E-state index in [1.165, 1.54) is 12.1 Å². The van der Waals surface area contributed by atoms with Crippen LogP contribution in [0.4, 0.5) is 10.1 Å². The second-order valence-electron chi connectivity index (χ2n) is 2.94. The third-order valence-corrected chi connectivity index (χ3v) is 3.08. The molecule has 1 N–H and O–H groups in total. The molecule has 2 rings (SSSR count). The van der Waals surface area contributed by atoms with Gasteiger partial charge in [0.05, 0.1) is 5.02 Å². The molecule has 2 aromatic rings. The number of hydrogen-bond acceptors (Lipinski definition) is 4. The van der Waals surface area contributed by atoms with Gasteiger partial charge in [0.2, 0.25) is 9.47 Å². The number of rotatable bonds is 2. The molecule has 0 spiro atoms. The van der Waals surface area contributed by atoms with Crippen LogP contribution in [-0.2, 0) is 0 Å². The second-order valence-corrected chi connectivity index (χ2v) is 4.91. The Labute approximate surface area is 109 Å². The molecule has 0 aliphatic rings. The summed E-state index contributed by atoms with van der Waals surface area (Å²) in [5.74, 6) is -1.03. The smallest absolute Gasteiger partial charge is 0.286 e. The van der Waals surface area contributed by atoms with Crippen molar-refractivity contribution in [3.05, 3.63) is 38.5 Å². The van der Waals surface area contributed by atoms with Crippen molar-refractivity contribution in [1.29, 1.82) is 0 Å². The minimum atomic E-state index is -0.552. The summed E-state index contributed by atoms with van der Waals surface area (Å²) in [6, 6.07) is 3.85.